The summed E-state index contributed by atoms with van der Waals surface area (Å²) in [4.78, 5) is 30.8. The second-order valence-corrected chi connectivity index (χ2v) is 11.3. The Balaban J connectivity index is 1.55. The van der Waals surface area contributed by atoms with Gasteiger partial charge in [-0.25, -0.2) is 19.5 Å². The number of hydrogen-bond donors (Lipinski definition) is 5. The van der Waals surface area contributed by atoms with Crippen molar-refractivity contribution in [1.82, 2.24) is 19.5 Å². The van der Waals surface area contributed by atoms with Crippen LogP contribution in [0.1, 0.15) is 49.3 Å². The summed E-state index contributed by atoms with van der Waals surface area (Å²) in [7, 11) is -4.76. The molecule has 12 nitrogen and oxygen atoms in total. The fraction of sp³-hybridized carbons (Fsp3) is 0.522. The number of imidazole rings is 1. The van der Waals surface area contributed by atoms with Gasteiger partial charge in [-0.2, -0.15) is 0 Å². The van der Waals surface area contributed by atoms with E-state index in [1.807, 2.05) is 0 Å². The number of hydrogen-bond acceptors (Lipinski definition) is 9. The predicted octanol–water partition coefficient (Wildman–Crippen LogP) is 2.08. The van der Waals surface area contributed by atoms with E-state index in [1.54, 1.807) is 0 Å². The van der Waals surface area contributed by atoms with E-state index in [-0.39, 0.29) is 5.41 Å². The normalized spacial score (nSPS) is 22.9. The molecule has 1 aliphatic rings. The van der Waals surface area contributed by atoms with Crippen LogP contribution in [0.15, 0.2) is 24.8 Å². The minimum Gasteiger partial charge on any atom is -0.387 e. The number of phosphoric acid groups is 1. The van der Waals surface area contributed by atoms with Crippen molar-refractivity contribution in [1.29, 1.82) is 0 Å². The number of nitrogens with one attached hydrogen (secondary N) is 1. The molecule has 3 heterocycles. The molecule has 0 amide bonds. The summed E-state index contributed by atoms with van der Waals surface area (Å²) in [5.74, 6) is 0.492. The van der Waals surface area contributed by atoms with Crippen LogP contribution in [0.2, 0.25) is 0 Å². The zero-order valence-corrected chi connectivity index (χ0v) is 21.7. The van der Waals surface area contributed by atoms with E-state index in [1.165, 1.54) is 33.9 Å². The van der Waals surface area contributed by atoms with Crippen molar-refractivity contribution in [2.75, 3.05) is 11.9 Å². The highest BCUT2D eigenvalue weighted by molar-refractivity contribution is 7.46. The van der Waals surface area contributed by atoms with Crippen molar-refractivity contribution < 1.29 is 33.8 Å². The van der Waals surface area contributed by atoms with Gasteiger partial charge in [-0.1, -0.05) is 32.9 Å². The number of fused-ring (bicyclic) bond motifs is 1. The number of anilines is 1. The van der Waals surface area contributed by atoms with Crippen molar-refractivity contribution >= 4 is 24.8 Å². The molecule has 1 fully saturated rings. The SMILES string of the molecule is Cc1cc(C(C)(C)C)cc(C)c1CNc1ncnc2c1ncn2[C@@H]1O[C@H](COP(=O)(O)O)[C@@H](O)[C@H]1O. The molecule has 0 unspecified atom stereocenters. The van der Waals surface area contributed by atoms with Crippen molar-refractivity contribution in [2.45, 2.75) is 71.1 Å². The van der Waals surface area contributed by atoms with Gasteiger partial charge in [0.1, 0.15) is 24.6 Å². The molecule has 4 atom stereocenters. The summed E-state index contributed by atoms with van der Waals surface area (Å²) in [6, 6.07) is 4.40. The van der Waals surface area contributed by atoms with Gasteiger partial charge < -0.3 is 30.1 Å². The summed E-state index contributed by atoms with van der Waals surface area (Å²) in [5, 5.41) is 24.1. The Hall–Kier alpha value is -2.44. The Morgan fingerprint density at radius 3 is 2.39 bits per heavy atom. The molecule has 5 N–H and O–H groups in total. The van der Waals surface area contributed by atoms with Crippen LogP contribution in [0, 0.1) is 13.8 Å². The number of phosphoric ester groups is 1. The Labute approximate surface area is 208 Å². The van der Waals surface area contributed by atoms with Crippen LogP contribution >= 0.6 is 7.82 Å². The highest BCUT2D eigenvalue weighted by Crippen LogP contribution is 2.39. The van der Waals surface area contributed by atoms with Crippen molar-refractivity contribution in [3.63, 3.8) is 0 Å². The predicted molar refractivity (Wildman–Crippen MR) is 131 cm³/mol. The zero-order chi connectivity index (χ0) is 26.4. The second kappa shape index (κ2) is 9.79. The van der Waals surface area contributed by atoms with Gasteiger partial charge in [-0.15, -0.1) is 0 Å². The molecular weight excluding hydrogens is 489 g/mol. The van der Waals surface area contributed by atoms with Crippen molar-refractivity contribution in [2.24, 2.45) is 0 Å². The van der Waals surface area contributed by atoms with Gasteiger partial charge in [-0.05, 0) is 41.5 Å². The first-order chi connectivity index (χ1) is 16.8. The van der Waals surface area contributed by atoms with Crippen molar-refractivity contribution in [3.8, 4) is 0 Å². The smallest absolute Gasteiger partial charge is 0.387 e. The van der Waals surface area contributed by atoms with Gasteiger partial charge >= 0.3 is 7.82 Å². The maximum atomic E-state index is 11.0. The molecule has 4 rings (SSSR count). The second-order valence-electron chi connectivity index (χ2n) is 10.1. The number of aliphatic hydroxyl groups excluding tert-OH is 2. The molecule has 0 aliphatic carbocycles. The van der Waals surface area contributed by atoms with Crippen LogP contribution in [0.3, 0.4) is 0 Å². The fourth-order valence-electron chi connectivity index (χ4n) is 4.31. The Kier molecular flexibility index (Phi) is 7.24. The van der Waals surface area contributed by atoms with Crippen LogP contribution in [0.4, 0.5) is 5.82 Å². The maximum Gasteiger partial charge on any atom is 0.469 e. The summed E-state index contributed by atoms with van der Waals surface area (Å²) in [5.41, 5.74) is 5.61. The fourth-order valence-corrected chi connectivity index (χ4v) is 4.65. The molecule has 0 saturated carbocycles. The average molecular weight is 522 g/mol. The molecule has 0 spiro atoms. The van der Waals surface area contributed by atoms with E-state index in [9.17, 15) is 14.8 Å². The van der Waals surface area contributed by atoms with Gasteiger partial charge in [0.05, 0.1) is 12.9 Å². The lowest BCUT2D eigenvalue weighted by Gasteiger charge is -2.22. The van der Waals surface area contributed by atoms with E-state index in [0.29, 0.717) is 23.5 Å². The van der Waals surface area contributed by atoms with Crippen LogP contribution in [0.25, 0.3) is 11.2 Å². The molecule has 13 heteroatoms. The molecule has 2 aromatic heterocycles. The Bertz CT molecular complexity index is 1280. The summed E-state index contributed by atoms with van der Waals surface area (Å²) < 4.78 is 22.5. The maximum absolute atomic E-state index is 11.0. The quantitative estimate of drug-likeness (QED) is 0.288. The average Bonchev–Trinajstić information content (AvgIpc) is 3.32. The highest BCUT2D eigenvalue weighted by Gasteiger charge is 2.45. The van der Waals surface area contributed by atoms with Gasteiger partial charge in [0.25, 0.3) is 0 Å². The van der Waals surface area contributed by atoms with E-state index in [2.05, 4.69) is 71.5 Å². The third-order valence-electron chi connectivity index (χ3n) is 6.37. The van der Waals surface area contributed by atoms with Crippen LogP contribution in [0.5, 0.6) is 0 Å². The van der Waals surface area contributed by atoms with Gasteiger partial charge in [0, 0.05) is 6.54 Å². The van der Waals surface area contributed by atoms with E-state index in [0.717, 1.165) is 5.56 Å². The lowest BCUT2D eigenvalue weighted by molar-refractivity contribution is -0.0504. The molecule has 36 heavy (non-hydrogen) atoms. The number of nitrogens with zero attached hydrogens (tertiary/aromatic N) is 4. The molecular formula is C23H32N5O7P. The first-order valence-electron chi connectivity index (χ1n) is 11.5. The molecule has 1 saturated heterocycles. The first kappa shape index (κ1) is 26.6. The minimum absolute atomic E-state index is 0.0502. The molecule has 1 aliphatic heterocycles. The Morgan fingerprint density at radius 2 is 1.78 bits per heavy atom. The summed E-state index contributed by atoms with van der Waals surface area (Å²) in [6.07, 6.45) is -2.31. The number of aryl methyl sites for hydroxylation is 2. The van der Waals surface area contributed by atoms with E-state index < -0.39 is 39.0 Å². The van der Waals surface area contributed by atoms with Crippen LogP contribution in [-0.2, 0) is 25.8 Å². The molecule has 196 valence electrons. The van der Waals surface area contributed by atoms with E-state index >= 15 is 0 Å². The van der Waals surface area contributed by atoms with Crippen LogP contribution < -0.4 is 5.32 Å². The minimum atomic E-state index is -4.76. The number of rotatable bonds is 7. The first-order valence-corrected chi connectivity index (χ1v) is 13.0. The van der Waals surface area contributed by atoms with E-state index in [4.69, 9.17) is 14.5 Å². The Morgan fingerprint density at radius 1 is 1.11 bits per heavy atom. The third-order valence-corrected chi connectivity index (χ3v) is 6.86. The molecule has 0 bridgehead atoms. The monoisotopic (exact) mass is 521 g/mol. The third kappa shape index (κ3) is 5.45. The van der Waals surface area contributed by atoms with Gasteiger partial charge in [-0.3, -0.25) is 9.09 Å². The highest BCUT2D eigenvalue weighted by atomic mass is 31.2. The number of ether oxygens (including phenoxy) is 1. The topological polar surface area (TPSA) is 172 Å². The number of aromatic nitrogens is 4. The summed E-state index contributed by atoms with van der Waals surface area (Å²) in [6.45, 7) is 10.6. The molecule has 0 radical (unpaired) electrons. The van der Waals surface area contributed by atoms with Gasteiger partial charge in [0.2, 0.25) is 0 Å². The lowest BCUT2D eigenvalue weighted by atomic mass is 9.84. The summed E-state index contributed by atoms with van der Waals surface area (Å²) >= 11 is 0. The number of benzene rings is 1. The lowest BCUT2D eigenvalue weighted by Crippen LogP contribution is -2.33. The van der Waals surface area contributed by atoms with Gasteiger partial charge in [0.15, 0.2) is 23.2 Å². The number of aliphatic hydroxyl groups is 2. The zero-order valence-electron chi connectivity index (χ0n) is 20.8. The molecule has 3 aromatic rings. The molecule has 1 aromatic carbocycles. The largest absolute Gasteiger partial charge is 0.469 e. The van der Waals surface area contributed by atoms with Crippen LogP contribution in [-0.4, -0.2) is 64.4 Å². The standard InChI is InChI=1S/C23H32N5O7P/c1-12-6-14(23(3,4)5)7-13(2)15(12)8-24-20-17-21(26-10-25-20)28(11-27-17)22-19(30)18(29)16(35-22)9-34-36(31,32)33/h6-7,10-11,16,18-19,22,29-30H,8-9H2,1-5H3,(H,24,25,26)(H2,31,32,33)/t16-,18-,19-,22-/m1/s1. The van der Waals surface area contributed by atoms with Crippen molar-refractivity contribution in [3.05, 3.63) is 47.0 Å².